The maximum absolute atomic E-state index is 6.50. The van der Waals surface area contributed by atoms with Gasteiger partial charge in [0.05, 0.1) is 24.3 Å². The number of aromatic nitrogens is 2. The van der Waals surface area contributed by atoms with Crippen molar-refractivity contribution in [1.82, 2.24) is 9.97 Å². The summed E-state index contributed by atoms with van der Waals surface area (Å²) in [5.74, 6) is 5.81. The van der Waals surface area contributed by atoms with Gasteiger partial charge in [-0.1, -0.05) is 0 Å². The Kier molecular flexibility index (Phi) is 6.75. The minimum Gasteiger partial charge on any atom is -0.495 e. The highest BCUT2D eigenvalue weighted by molar-refractivity contribution is 5.93. The van der Waals surface area contributed by atoms with Crippen LogP contribution >= 0.6 is 0 Å². The second-order valence-corrected chi connectivity index (χ2v) is 2.76. The topological polar surface area (TPSA) is 124 Å². The van der Waals surface area contributed by atoms with Crippen molar-refractivity contribution in [3.63, 3.8) is 0 Å². The average Bonchev–Trinajstić information content (AvgIpc) is 2.92. The molecule has 0 aliphatic heterocycles. The van der Waals surface area contributed by atoms with E-state index in [0.29, 0.717) is 0 Å². The number of H-pyrrole nitrogens is 1. The first kappa shape index (κ1) is 14.9. The van der Waals surface area contributed by atoms with Crippen LogP contribution in [-0.4, -0.2) is 23.3 Å². The van der Waals surface area contributed by atoms with Gasteiger partial charge in [0.25, 0.3) is 0 Å². The van der Waals surface area contributed by atoms with Crippen LogP contribution in [-0.2, 0) is 0 Å². The van der Waals surface area contributed by atoms with Gasteiger partial charge in [-0.3, -0.25) is 0 Å². The molecule has 0 fully saturated rings. The summed E-state index contributed by atoms with van der Waals surface area (Å²) in [5.41, 5.74) is 1.55. The van der Waals surface area contributed by atoms with Gasteiger partial charge in [-0.05, 0) is 6.07 Å². The molecule has 18 heavy (non-hydrogen) atoms. The van der Waals surface area contributed by atoms with Gasteiger partial charge in [-0.25, -0.2) is 15.5 Å². The lowest BCUT2D eigenvalue weighted by atomic mass is 10.2. The summed E-state index contributed by atoms with van der Waals surface area (Å²) in [6, 6.07) is 1.90. The Hall–Kier alpha value is -3.06. The molecule has 0 atom stereocenters. The van der Waals surface area contributed by atoms with Gasteiger partial charge >= 0.3 is 0 Å². The number of nitrogens with zero attached hydrogens (tertiary/aromatic N) is 4. The number of methoxy groups -OCH3 is 1. The van der Waals surface area contributed by atoms with E-state index >= 15 is 0 Å². The standard InChI is InChI=1S/C9H10N4O.2CHN/c1-14-8-6(5-13-10)4-12-9-7(8)2-3-11-9;2*1-2/h2-5H,10H2,1H3,(H,11,12);2*1H. The average molecular weight is 244 g/mol. The molecule has 0 bridgehead atoms. The fourth-order valence-corrected chi connectivity index (χ4v) is 1.40. The molecule has 2 aromatic rings. The molecule has 7 heteroatoms. The first-order chi connectivity index (χ1) is 8.86. The van der Waals surface area contributed by atoms with Gasteiger partial charge < -0.3 is 15.6 Å². The quantitative estimate of drug-likeness (QED) is 0.465. The number of fused-ring (bicyclic) bond motifs is 1. The Balaban J connectivity index is 0.000000659. The zero-order valence-electron chi connectivity index (χ0n) is 9.74. The van der Waals surface area contributed by atoms with Crippen molar-refractivity contribution < 1.29 is 4.74 Å². The minimum atomic E-state index is 0.727. The summed E-state index contributed by atoms with van der Waals surface area (Å²) in [5, 5.41) is 17.4. The molecule has 2 heterocycles. The summed E-state index contributed by atoms with van der Waals surface area (Å²) in [6.07, 6.45) is 4.98. The van der Waals surface area contributed by atoms with Crippen molar-refractivity contribution >= 4 is 17.2 Å². The first-order valence-corrected chi connectivity index (χ1v) is 4.62. The predicted molar refractivity (Wildman–Crippen MR) is 67.8 cm³/mol. The Labute approximate surface area is 104 Å². The zero-order chi connectivity index (χ0) is 14.0. The van der Waals surface area contributed by atoms with Gasteiger partial charge in [-0.2, -0.15) is 5.10 Å². The summed E-state index contributed by atoms with van der Waals surface area (Å²) in [7, 11) is 1.61. The van der Waals surface area contributed by atoms with E-state index in [1.165, 1.54) is 6.21 Å². The van der Waals surface area contributed by atoms with Crippen LogP contribution in [0.15, 0.2) is 23.6 Å². The van der Waals surface area contributed by atoms with Gasteiger partial charge in [0.1, 0.15) is 11.4 Å². The third-order valence-electron chi connectivity index (χ3n) is 1.98. The molecular weight excluding hydrogens is 232 g/mol. The van der Waals surface area contributed by atoms with Crippen LogP contribution in [0.4, 0.5) is 0 Å². The van der Waals surface area contributed by atoms with Gasteiger partial charge in [0, 0.05) is 25.5 Å². The van der Waals surface area contributed by atoms with Gasteiger partial charge in [0.2, 0.25) is 0 Å². The number of nitrogens with one attached hydrogen (secondary N) is 1. The molecule has 0 saturated carbocycles. The highest BCUT2D eigenvalue weighted by atomic mass is 16.5. The second-order valence-electron chi connectivity index (χ2n) is 2.76. The number of aromatic amines is 1. The maximum atomic E-state index is 6.50. The molecule has 7 nitrogen and oxygen atoms in total. The smallest absolute Gasteiger partial charge is 0.141 e. The molecule has 0 saturated heterocycles. The summed E-state index contributed by atoms with van der Waals surface area (Å²) in [4.78, 5) is 7.18. The number of nitriles is 2. The minimum absolute atomic E-state index is 0.727. The fourth-order valence-electron chi connectivity index (χ4n) is 1.40. The van der Waals surface area contributed by atoms with E-state index in [2.05, 4.69) is 28.2 Å². The molecule has 0 aliphatic carbocycles. The van der Waals surface area contributed by atoms with E-state index < -0.39 is 0 Å². The normalized spacial score (nSPS) is 8.94. The predicted octanol–water partition coefficient (Wildman–Crippen LogP) is 1.14. The van der Waals surface area contributed by atoms with Gasteiger partial charge in [0.15, 0.2) is 0 Å². The molecule has 3 N–H and O–H groups in total. The van der Waals surface area contributed by atoms with Crippen LogP contribution in [0, 0.1) is 23.7 Å². The zero-order valence-corrected chi connectivity index (χ0v) is 9.74. The maximum Gasteiger partial charge on any atom is 0.141 e. The molecule has 0 spiro atoms. The lowest BCUT2D eigenvalue weighted by Gasteiger charge is -2.04. The number of hydrazone groups is 1. The van der Waals surface area contributed by atoms with Crippen molar-refractivity contribution in [2.45, 2.75) is 0 Å². The van der Waals surface area contributed by atoms with Gasteiger partial charge in [-0.15, -0.1) is 0 Å². The van der Waals surface area contributed by atoms with Crippen LogP contribution in [0.2, 0.25) is 0 Å². The SMILES string of the molecule is C#N.C#N.COc1c(C=NN)cnc2[nH]ccc12. The van der Waals surface area contributed by atoms with E-state index in [4.69, 9.17) is 21.1 Å². The fraction of sp³-hybridized carbons (Fsp3) is 0.0909. The molecular formula is C11H12N6O. The Morgan fingerprint density at radius 2 is 2.11 bits per heavy atom. The van der Waals surface area contributed by atoms with E-state index in [0.717, 1.165) is 22.3 Å². The van der Waals surface area contributed by atoms with E-state index in [1.807, 2.05) is 12.3 Å². The van der Waals surface area contributed by atoms with Crippen LogP contribution in [0.1, 0.15) is 5.56 Å². The molecule has 0 unspecified atom stereocenters. The van der Waals surface area contributed by atoms with Crippen LogP contribution in [0.25, 0.3) is 11.0 Å². The molecule has 0 amide bonds. The molecule has 2 rings (SSSR count). The number of rotatable bonds is 2. The lowest BCUT2D eigenvalue weighted by molar-refractivity contribution is 0.419. The Bertz CT molecular complexity index is 548. The second kappa shape index (κ2) is 8.13. The van der Waals surface area contributed by atoms with Crippen LogP contribution in [0.3, 0.4) is 0 Å². The molecule has 2 aromatic heterocycles. The third kappa shape index (κ3) is 2.97. The molecule has 0 aromatic carbocycles. The Morgan fingerprint density at radius 3 is 2.67 bits per heavy atom. The first-order valence-electron chi connectivity index (χ1n) is 4.62. The number of pyridine rings is 1. The van der Waals surface area contributed by atoms with E-state index in [1.54, 1.807) is 13.3 Å². The molecule has 0 radical (unpaired) electrons. The van der Waals surface area contributed by atoms with Crippen molar-refractivity contribution in [2.75, 3.05) is 7.11 Å². The van der Waals surface area contributed by atoms with Crippen LogP contribution in [0.5, 0.6) is 5.75 Å². The highest BCUT2D eigenvalue weighted by Gasteiger charge is 2.07. The van der Waals surface area contributed by atoms with Crippen LogP contribution < -0.4 is 10.6 Å². The summed E-state index contributed by atoms with van der Waals surface area (Å²) >= 11 is 0. The number of nitrogens with two attached hydrogens (primary N) is 1. The van der Waals surface area contributed by atoms with Crippen molar-refractivity contribution in [3.05, 3.63) is 24.0 Å². The Morgan fingerprint density at radius 1 is 1.44 bits per heavy atom. The number of ether oxygens (including phenoxy) is 1. The lowest BCUT2D eigenvalue weighted by Crippen LogP contribution is -1.95. The van der Waals surface area contributed by atoms with Crippen molar-refractivity contribution in [3.8, 4) is 18.9 Å². The number of hydrogen-bond donors (Lipinski definition) is 2. The third-order valence-corrected chi connectivity index (χ3v) is 1.98. The molecule has 0 aliphatic rings. The van der Waals surface area contributed by atoms with E-state index in [-0.39, 0.29) is 0 Å². The monoisotopic (exact) mass is 244 g/mol. The molecule has 92 valence electrons. The number of hydrogen-bond acceptors (Lipinski definition) is 6. The largest absolute Gasteiger partial charge is 0.495 e. The van der Waals surface area contributed by atoms with Crippen molar-refractivity contribution in [2.24, 2.45) is 10.9 Å². The summed E-state index contributed by atoms with van der Waals surface area (Å²) < 4.78 is 5.26. The summed E-state index contributed by atoms with van der Waals surface area (Å²) in [6.45, 7) is 7.00. The van der Waals surface area contributed by atoms with E-state index in [9.17, 15) is 0 Å². The van der Waals surface area contributed by atoms with Crippen molar-refractivity contribution in [1.29, 1.82) is 10.5 Å². The highest BCUT2D eigenvalue weighted by Crippen LogP contribution is 2.25.